The average Bonchev–Trinajstić information content (AvgIpc) is 2.16. The Kier molecular flexibility index (Phi) is 7.38. The van der Waals surface area contributed by atoms with E-state index in [0.717, 1.165) is 0 Å². The van der Waals surface area contributed by atoms with E-state index in [9.17, 15) is 12.6 Å². The van der Waals surface area contributed by atoms with Gasteiger partial charge in [-0.3, -0.25) is 4.21 Å². The molecule has 0 bridgehead atoms. The van der Waals surface area contributed by atoms with Crippen LogP contribution in [0.2, 0.25) is 0 Å². The van der Waals surface area contributed by atoms with Gasteiger partial charge in [0, 0.05) is 34.6 Å². The van der Waals surface area contributed by atoms with Gasteiger partial charge in [0.2, 0.25) is 0 Å². The van der Waals surface area contributed by atoms with Crippen molar-refractivity contribution in [2.45, 2.75) is 25.5 Å². The van der Waals surface area contributed by atoms with Crippen LogP contribution in [0.4, 0.5) is 0 Å². The van der Waals surface area contributed by atoms with Crippen molar-refractivity contribution in [3.05, 3.63) is 0 Å². The van der Waals surface area contributed by atoms with Crippen LogP contribution in [0.1, 0.15) is 20.3 Å². The van der Waals surface area contributed by atoms with E-state index in [-0.39, 0.29) is 16.8 Å². The van der Waals surface area contributed by atoms with Crippen LogP contribution in [0.15, 0.2) is 0 Å². The largest absolute Gasteiger partial charge is 0.316 e. The summed E-state index contributed by atoms with van der Waals surface area (Å²) in [4.78, 5) is 0. The second-order valence-corrected chi connectivity index (χ2v) is 7.88. The topological polar surface area (TPSA) is 63.2 Å². The van der Waals surface area contributed by atoms with E-state index in [2.05, 4.69) is 5.32 Å². The molecule has 0 fully saturated rings. The smallest absolute Gasteiger partial charge is 0.150 e. The third kappa shape index (κ3) is 7.93. The zero-order valence-corrected chi connectivity index (χ0v) is 11.3. The molecule has 6 heteroatoms. The first kappa shape index (κ1) is 15.1. The summed E-state index contributed by atoms with van der Waals surface area (Å²) in [5, 5.41) is 3.22. The fourth-order valence-corrected chi connectivity index (χ4v) is 2.21. The molecule has 0 aliphatic heterocycles. The van der Waals surface area contributed by atoms with Gasteiger partial charge in [0.05, 0.1) is 5.75 Å². The van der Waals surface area contributed by atoms with Crippen LogP contribution in [0.3, 0.4) is 0 Å². The maximum absolute atomic E-state index is 11.1. The number of rotatable bonds is 8. The monoisotopic (exact) mass is 255 g/mol. The summed E-state index contributed by atoms with van der Waals surface area (Å²) in [7, 11) is -3.65. The van der Waals surface area contributed by atoms with Crippen LogP contribution in [0, 0.1) is 0 Å². The summed E-state index contributed by atoms with van der Waals surface area (Å²) in [6, 6.07) is 0. The molecule has 0 aromatic carbocycles. The minimum absolute atomic E-state index is 0.118. The van der Waals surface area contributed by atoms with Gasteiger partial charge in [-0.25, -0.2) is 8.42 Å². The molecule has 2 unspecified atom stereocenters. The Bertz CT molecular complexity index is 288. The molecule has 0 aromatic heterocycles. The van der Waals surface area contributed by atoms with Crippen molar-refractivity contribution in [3.8, 4) is 0 Å². The highest BCUT2D eigenvalue weighted by Crippen LogP contribution is 1.93. The molecule has 0 rings (SSSR count). The molecule has 4 nitrogen and oxygen atoms in total. The zero-order valence-electron chi connectivity index (χ0n) is 9.65. The van der Waals surface area contributed by atoms with Crippen LogP contribution >= 0.6 is 0 Å². The van der Waals surface area contributed by atoms with Crippen molar-refractivity contribution < 1.29 is 12.6 Å². The number of hydrogen-bond donors (Lipinski definition) is 1. The van der Waals surface area contributed by atoms with E-state index in [1.165, 1.54) is 0 Å². The Balaban J connectivity index is 3.53. The molecule has 0 aliphatic carbocycles. The van der Waals surface area contributed by atoms with Gasteiger partial charge >= 0.3 is 0 Å². The minimum atomic E-state index is -2.84. The zero-order chi connectivity index (χ0) is 11.9. The van der Waals surface area contributed by atoms with Gasteiger partial charge in [-0.15, -0.1) is 0 Å². The Morgan fingerprint density at radius 1 is 1.40 bits per heavy atom. The average molecular weight is 255 g/mol. The van der Waals surface area contributed by atoms with Crippen LogP contribution in [-0.2, 0) is 20.6 Å². The van der Waals surface area contributed by atoms with Gasteiger partial charge in [0.15, 0.2) is 0 Å². The first-order chi connectivity index (χ1) is 6.89. The number of nitrogens with one attached hydrogen (secondary N) is 1. The molecule has 0 amide bonds. The molecule has 0 radical (unpaired) electrons. The van der Waals surface area contributed by atoms with E-state index in [1.807, 2.05) is 6.92 Å². The lowest BCUT2D eigenvalue weighted by atomic mass is 10.4. The first-order valence-electron chi connectivity index (χ1n) is 5.12. The summed E-state index contributed by atoms with van der Waals surface area (Å²) in [5.41, 5.74) is 0. The maximum Gasteiger partial charge on any atom is 0.150 e. The molecule has 1 N–H and O–H groups in total. The quantitative estimate of drug-likeness (QED) is 0.628. The van der Waals surface area contributed by atoms with Crippen LogP contribution in [0.25, 0.3) is 0 Å². The third-order valence-electron chi connectivity index (χ3n) is 2.25. The van der Waals surface area contributed by atoms with Crippen molar-refractivity contribution in [2.75, 3.05) is 30.9 Å². The van der Waals surface area contributed by atoms with E-state index in [1.54, 1.807) is 13.2 Å². The molecular weight excluding hydrogens is 234 g/mol. The van der Waals surface area contributed by atoms with Crippen molar-refractivity contribution in [2.24, 2.45) is 0 Å². The second kappa shape index (κ2) is 7.35. The van der Waals surface area contributed by atoms with Crippen molar-refractivity contribution in [3.63, 3.8) is 0 Å². The molecule has 0 aromatic rings. The lowest BCUT2D eigenvalue weighted by Crippen LogP contribution is -2.29. The van der Waals surface area contributed by atoms with Crippen molar-refractivity contribution in [1.82, 2.24) is 5.32 Å². The summed E-state index contributed by atoms with van der Waals surface area (Å²) in [6.07, 6.45) is 2.30. The molecule has 0 saturated carbocycles. The molecule has 0 saturated heterocycles. The van der Waals surface area contributed by atoms with Gasteiger partial charge in [-0.2, -0.15) is 0 Å². The molecular formula is C9H21NO3S2. The van der Waals surface area contributed by atoms with Gasteiger partial charge < -0.3 is 5.32 Å². The predicted molar refractivity (Wildman–Crippen MR) is 65.3 cm³/mol. The van der Waals surface area contributed by atoms with Crippen LogP contribution < -0.4 is 5.32 Å². The van der Waals surface area contributed by atoms with Gasteiger partial charge in [0.25, 0.3) is 0 Å². The van der Waals surface area contributed by atoms with Gasteiger partial charge in [-0.05, 0) is 19.9 Å². The van der Waals surface area contributed by atoms with Crippen molar-refractivity contribution in [1.29, 1.82) is 0 Å². The Labute approximate surface area is 95.2 Å². The summed E-state index contributed by atoms with van der Waals surface area (Å²) in [5.74, 6) is 0.447. The predicted octanol–water partition coefficient (Wildman–Crippen LogP) is 0.168. The molecule has 15 heavy (non-hydrogen) atoms. The maximum atomic E-state index is 11.1. The van der Waals surface area contributed by atoms with Crippen molar-refractivity contribution >= 4 is 20.6 Å². The van der Waals surface area contributed by atoms with E-state index in [0.29, 0.717) is 19.5 Å². The highest BCUT2D eigenvalue weighted by Gasteiger charge is 2.07. The summed E-state index contributed by atoms with van der Waals surface area (Å²) < 4.78 is 33.2. The minimum Gasteiger partial charge on any atom is -0.316 e. The third-order valence-corrected chi connectivity index (χ3v) is 5.34. The molecule has 92 valence electrons. The van der Waals surface area contributed by atoms with Gasteiger partial charge in [0.1, 0.15) is 9.84 Å². The summed E-state index contributed by atoms with van der Waals surface area (Å²) >= 11 is 0. The number of hydrogen-bond acceptors (Lipinski definition) is 4. The lowest BCUT2D eigenvalue weighted by Gasteiger charge is -2.09. The number of sulfone groups is 1. The SMILES string of the molecule is CCS(=O)(=O)CCCNCC(C)S(C)=O. The van der Waals surface area contributed by atoms with E-state index < -0.39 is 20.6 Å². The normalized spacial score (nSPS) is 16.2. The Hall–Kier alpha value is 0.0600. The fraction of sp³-hybridized carbons (Fsp3) is 1.00. The van der Waals surface area contributed by atoms with E-state index in [4.69, 9.17) is 0 Å². The Morgan fingerprint density at radius 3 is 2.47 bits per heavy atom. The van der Waals surface area contributed by atoms with Gasteiger partial charge in [-0.1, -0.05) is 6.92 Å². The Morgan fingerprint density at radius 2 is 2.00 bits per heavy atom. The molecule has 0 aliphatic rings. The lowest BCUT2D eigenvalue weighted by molar-refractivity contribution is 0.589. The second-order valence-electron chi connectivity index (χ2n) is 3.60. The molecule has 0 spiro atoms. The highest BCUT2D eigenvalue weighted by molar-refractivity contribution is 7.91. The summed E-state index contributed by atoms with van der Waals surface area (Å²) in [6.45, 7) is 4.91. The first-order valence-corrected chi connectivity index (χ1v) is 8.56. The van der Waals surface area contributed by atoms with Crippen LogP contribution in [-0.4, -0.2) is 48.7 Å². The van der Waals surface area contributed by atoms with Crippen LogP contribution in [0.5, 0.6) is 0 Å². The fourth-order valence-electron chi connectivity index (χ4n) is 0.984. The molecule has 2 atom stereocenters. The molecule has 0 heterocycles. The standard InChI is InChI=1S/C9H21NO3S2/c1-4-15(12,13)7-5-6-10-8-9(2)14(3)11/h9-10H,4-8H2,1-3H3. The van der Waals surface area contributed by atoms with E-state index >= 15 is 0 Å². The highest BCUT2D eigenvalue weighted by atomic mass is 32.2.